The molecule has 0 saturated carbocycles. The maximum absolute atomic E-state index is 11.1. The highest BCUT2D eigenvalue weighted by Gasteiger charge is 2.26. The molecule has 4 nitrogen and oxygen atoms in total. The van der Waals surface area contributed by atoms with Crippen LogP contribution in [0.1, 0.15) is 19.8 Å². The van der Waals surface area contributed by atoms with Gasteiger partial charge in [-0.05, 0) is 17.6 Å². The molecule has 0 aromatic heterocycles. The largest absolute Gasteiger partial charge is 0.424 e. The summed E-state index contributed by atoms with van der Waals surface area (Å²) in [6.07, 6.45) is 2.14. The highest BCUT2D eigenvalue weighted by Crippen LogP contribution is 2.15. The highest BCUT2D eigenvalue weighted by atomic mass is 32.2. The highest BCUT2D eigenvalue weighted by molar-refractivity contribution is 8.02. The lowest BCUT2D eigenvalue weighted by atomic mass is 10.3. The van der Waals surface area contributed by atoms with E-state index in [0.717, 1.165) is 18.6 Å². The minimum absolute atomic E-state index is 0.00245. The summed E-state index contributed by atoms with van der Waals surface area (Å²) in [6, 6.07) is 0. The van der Waals surface area contributed by atoms with Crippen molar-refractivity contribution >= 4 is 23.7 Å². The van der Waals surface area contributed by atoms with Crippen LogP contribution < -0.4 is 0 Å². The SMILES string of the molecule is CCCCSC=C1C(=O)OCOC1=O. The molecule has 0 aliphatic carbocycles. The van der Waals surface area contributed by atoms with Gasteiger partial charge in [0.05, 0.1) is 0 Å². The van der Waals surface area contributed by atoms with Crippen molar-refractivity contribution in [3.05, 3.63) is 11.0 Å². The molecule has 0 aromatic carbocycles. The molecule has 0 atom stereocenters. The monoisotopic (exact) mass is 216 g/mol. The lowest BCUT2D eigenvalue weighted by Crippen LogP contribution is -2.26. The minimum atomic E-state index is -0.592. The van der Waals surface area contributed by atoms with Gasteiger partial charge in [-0.15, -0.1) is 11.8 Å². The van der Waals surface area contributed by atoms with E-state index in [1.165, 1.54) is 17.2 Å². The molecule has 0 radical (unpaired) electrons. The molecule has 1 aliphatic rings. The molecule has 0 aromatic rings. The summed E-state index contributed by atoms with van der Waals surface area (Å²) in [7, 11) is 0. The Morgan fingerprint density at radius 3 is 2.57 bits per heavy atom. The van der Waals surface area contributed by atoms with Crippen LogP contribution in [-0.2, 0) is 19.1 Å². The summed E-state index contributed by atoms with van der Waals surface area (Å²) in [4.78, 5) is 22.1. The van der Waals surface area contributed by atoms with E-state index < -0.39 is 11.9 Å². The Bertz CT molecular complexity index is 242. The molecule has 1 heterocycles. The van der Waals surface area contributed by atoms with Crippen LogP contribution in [-0.4, -0.2) is 24.5 Å². The number of ether oxygens (including phenoxy) is 2. The number of thioether (sulfide) groups is 1. The van der Waals surface area contributed by atoms with Crippen molar-refractivity contribution in [1.29, 1.82) is 0 Å². The number of cyclic esters (lactones) is 2. The first-order valence-corrected chi connectivity index (χ1v) is 5.46. The lowest BCUT2D eigenvalue weighted by Gasteiger charge is -2.13. The predicted octanol–water partition coefficient (Wildman–Crippen LogP) is 1.46. The molecular weight excluding hydrogens is 204 g/mol. The van der Waals surface area contributed by atoms with E-state index >= 15 is 0 Å². The van der Waals surface area contributed by atoms with Crippen LogP contribution in [0.4, 0.5) is 0 Å². The fourth-order valence-electron chi connectivity index (χ4n) is 0.841. The third-order valence-electron chi connectivity index (χ3n) is 1.64. The summed E-state index contributed by atoms with van der Waals surface area (Å²) in [5.41, 5.74) is -0.00245. The number of unbranched alkanes of at least 4 members (excludes halogenated alkanes) is 1. The van der Waals surface area contributed by atoms with Crippen molar-refractivity contribution in [2.75, 3.05) is 12.5 Å². The van der Waals surface area contributed by atoms with Gasteiger partial charge in [-0.1, -0.05) is 13.3 Å². The Morgan fingerprint density at radius 2 is 2.00 bits per heavy atom. The zero-order valence-corrected chi connectivity index (χ0v) is 8.76. The van der Waals surface area contributed by atoms with Crippen LogP contribution in [0.3, 0.4) is 0 Å². The van der Waals surface area contributed by atoms with E-state index in [4.69, 9.17) is 0 Å². The molecule has 0 bridgehead atoms. The molecule has 14 heavy (non-hydrogen) atoms. The topological polar surface area (TPSA) is 52.6 Å². The van der Waals surface area contributed by atoms with Gasteiger partial charge < -0.3 is 9.47 Å². The molecule has 5 heteroatoms. The van der Waals surface area contributed by atoms with Gasteiger partial charge >= 0.3 is 11.9 Å². The van der Waals surface area contributed by atoms with E-state index in [2.05, 4.69) is 16.4 Å². The molecule has 0 spiro atoms. The van der Waals surface area contributed by atoms with Crippen molar-refractivity contribution in [1.82, 2.24) is 0 Å². The van der Waals surface area contributed by atoms with Crippen molar-refractivity contribution in [3.8, 4) is 0 Å². The lowest BCUT2D eigenvalue weighted by molar-refractivity contribution is -0.172. The van der Waals surface area contributed by atoms with Crippen LogP contribution in [0.15, 0.2) is 11.0 Å². The average molecular weight is 216 g/mol. The number of carbonyl (C=O) groups excluding carboxylic acids is 2. The van der Waals surface area contributed by atoms with Gasteiger partial charge in [0.25, 0.3) is 0 Å². The number of hydrogen-bond donors (Lipinski definition) is 0. The molecular formula is C9H12O4S. The van der Waals surface area contributed by atoms with E-state index in [-0.39, 0.29) is 12.4 Å². The zero-order valence-electron chi connectivity index (χ0n) is 7.95. The summed E-state index contributed by atoms with van der Waals surface area (Å²) in [6.45, 7) is 1.81. The first-order chi connectivity index (χ1) is 6.75. The first-order valence-electron chi connectivity index (χ1n) is 4.41. The van der Waals surface area contributed by atoms with Crippen LogP contribution in [0, 0.1) is 0 Å². The number of rotatable bonds is 4. The number of hydrogen-bond acceptors (Lipinski definition) is 5. The van der Waals surface area contributed by atoms with Crippen molar-refractivity contribution in [2.45, 2.75) is 19.8 Å². The van der Waals surface area contributed by atoms with Gasteiger partial charge in [0.1, 0.15) is 0 Å². The fraction of sp³-hybridized carbons (Fsp3) is 0.556. The predicted molar refractivity (Wildman–Crippen MR) is 52.5 cm³/mol. The second kappa shape index (κ2) is 5.70. The minimum Gasteiger partial charge on any atom is -0.424 e. The second-order valence-electron chi connectivity index (χ2n) is 2.74. The molecule has 1 rings (SSSR count). The number of carbonyl (C=O) groups is 2. The second-order valence-corrected chi connectivity index (χ2v) is 3.71. The molecule has 0 N–H and O–H groups in total. The average Bonchev–Trinajstić information content (AvgIpc) is 2.16. The van der Waals surface area contributed by atoms with Gasteiger partial charge in [0.15, 0.2) is 5.57 Å². The van der Waals surface area contributed by atoms with Crippen LogP contribution in [0.2, 0.25) is 0 Å². The molecule has 1 fully saturated rings. The van der Waals surface area contributed by atoms with Gasteiger partial charge in [0.2, 0.25) is 6.79 Å². The Hall–Kier alpha value is -0.970. The Balaban J connectivity index is 2.46. The van der Waals surface area contributed by atoms with Crippen LogP contribution >= 0.6 is 11.8 Å². The molecule has 0 unspecified atom stereocenters. The molecule has 1 aliphatic heterocycles. The first kappa shape index (κ1) is 11.1. The normalized spacial score (nSPS) is 16.2. The van der Waals surface area contributed by atoms with E-state index in [9.17, 15) is 9.59 Å². The summed E-state index contributed by atoms with van der Waals surface area (Å²) >= 11 is 1.43. The van der Waals surface area contributed by atoms with Gasteiger partial charge in [-0.2, -0.15) is 0 Å². The Morgan fingerprint density at radius 1 is 1.36 bits per heavy atom. The van der Waals surface area contributed by atoms with Crippen molar-refractivity contribution < 1.29 is 19.1 Å². The maximum Gasteiger partial charge on any atom is 0.348 e. The fourth-order valence-corrected chi connectivity index (χ4v) is 1.77. The summed E-state index contributed by atoms with van der Waals surface area (Å²) < 4.78 is 9.11. The Labute approximate surface area is 86.6 Å². The van der Waals surface area contributed by atoms with E-state index in [0.29, 0.717) is 0 Å². The van der Waals surface area contributed by atoms with Gasteiger partial charge in [-0.3, -0.25) is 0 Å². The molecule has 0 amide bonds. The van der Waals surface area contributed by atoms with Crippen molar-refractivity contribution in [2.24, 2.45) is 0 Å². The quantitative estimate of drug-likeness (QED) is 0.308. The van der Waals surface area contributed by atoms with Crippen molar-refractivity contribution in [3.63, 3.8) is 0 Å². The smallest absolute Gasteiger partial charge is 0.348 e. The standard InChI is InChI=1S/C9H12O4S/c1-2-3-4-14-5-7-8(10)12-6-13-9(7)11/h5H,2-4,6H2,1H3. The van der Waals surface area contributed by atoms with Crippen LogP contribution in [0.5, 0.6) is 0 Å². The maximum atomic E-state index is 11.1. The number of esters is 2. The van der Waals surface area contributed by atoms with Gasteiger partial charge in [0, 0.05) is 0 Å². The third kappa shape index (κ3) is 3.06. The third-order valence-corrected chi connectivity index (χ3v) is 2.56. The van der Waals surface area contributed by atoms with Gasteiger partial charge in [-0.25, -0.2) is 9.59 Å². The Kier molecular flexibility index (Phi) is 4.52. The molecule has 1 saturated heterocycles. The van der Waals surface area contributed by atoms with Crippen LogP contribution in [0.25, 0.3) is 0 Å². The zero-order chi connectivity index (χ0) is 10.4. The molecule has 78 valence electrons. The summed E-state index contributed by atoms with van der Waals surface area (Å²) in [5, 5.41) is 1.51. The summed E-state index contributed by atoms with van der Waals surface area (Å²) in [5.74, 6) is -0.295. The van der Waals surface area contributed by atoms with E-state index in [1.807, 2.05) is 0 Å². The van der Waals surface area contributed by atoms with E-state index in [1.54, 1.807) is 0 Å².